The second-order valence-corrected chi connectivity index (χ2v) is 8.73. The Labute approximate surface area is 205 Å². The van der Waals surface area contributed by atoms with Gasteiger partial charge in [0.2, 0.25) is 0 Å². The Morgan fingerprint density at radius 2 is 1.63 bits per heavy atom. The largest absolute Gasteiger partial charge is 0.373 e. The number of piperazine rings is 1. The molecule has 1 aliphatic rings. The van der Waals surface area contributed by atoms with E-state index in [2.05, 4.69) is 38.3 Å². The molecule has 1 fully saturated rings. The van der Waals surface area contributed by atoms with E-state index in [4.69, 9.17) is 0 Å². The Bertz CT molecular complexity index is 1330. The molecule has 0 spiro atoms. The highest BCUT2D eigenvalue weighted by Crippen LogP contribution is 2.30. The molecular formula is C28H28N6O. The van der Waals surface area contributed by atoms with Crippen molar-refractivity contribution >= 4 is 11.7 Å². The van der Waals surface area contributed by atoms with Crippen LogP contribution in [0.1, 0.15) is 10.4 Å². The normalized spacial score (nSPS) is 14.1. The minimum absolute atomic E-state index is 0.0804. The van der Waals surface area contributed by atoms with Crippen LogP contribution in [0.3, 0.4) is 0 Å². The standard InChI is InChI=1S/C28H28N6O/c1-29-27-17-22(16-26(32-27)25-8-3-4-9-31-25)24-15-23(18-30-19-24)20-6-5-7-21(14-20)28(35)34-12-10-33(2)11-13-34/h3-9,14-19H,10-13H2,1-2H3,(H,29,32). The molecule has 0 saturated carbocycles. The van der Waals surface area contributed by atoms with E-state index in [-0.39, 0.29) is 5.91 Å². The maximum Gasteiger partial charge on any atom is 0.253 e. The van der Waals surface area contributed by atoms with E-state index in [9.17, 15) is 4.79 Å². The number of hydrogen-bond donors (Lipinski definition) is 1. The van der Waals surface area contributed by atoms with Crippen LogP contribution in [0.25, 0.3) is 33.6 Å². The molecule has 4 heterocycles. The topological polar surface area (TPSA) is 74.2 Å². The Balaban J connectivity index is 1.46. The van der Waals surface area contributed by atoms with E-state index in [0.29, 0.717) is 5.56 Å². The van der Waals surface area contributed by atoms with Crippen molar-refractivity contribution in [3.63, 3.8) is 0 Å². The molecular weight excluding hydrogens is 436 g/mol. The average Bonchev–Trinajstić information content (AvgIpc) is 2.93. The molecule has 176 valence electrons. The van der Waals surface area contributed by atoms with Gasteiger partial charge in [0.05, 0.1) is 11.4 Å². The van der Waals surface area contributed by atoms with Crippen LogP contribution in [-0.4, -0.2) is 70.9 Å². The first-order valence-electron chi connectivity index (χ1n) is 11.8. The third-order valence-electron chi connectivity index (χ3n) is 6.31. The number of nitrogens with zero attached hydrogens (tertiary/aromatic N) is 5. The summed E-state index contributed by atoms with van der Waals surface area (Å²) in [5.41, 5.74) is 6.18. The first-order chi connectivity index (χ1) is 17.1. The molecule has 3 aromatic heterocycles. The zero-order valence-corrected chi connectivity index (χ0v) is 20.0. The lowest BCUT2D eigenvalue weighted by Crippen LogP contribution is -2.47. The van der Waals surface area contributed by atoms with Crippen molar-refractivity contribution in [1.82, 2.24) is 24.8 Å². The van der Waals surface area contributed by atoms with Crippen molar-refractivity contribution in [2.45, 2.75) is 0 Å². The zero-order chi connectivity index (χ0) is 24.2. The van der Waals surface area contributed by atoms with Gasteiger partial charge >= 0.3 is 0 Å². The van der Waals surface area contributed by atoms with Gasteiger partial charge < -0.3 is 15.1 Å². The maximum absolute atomic E-state index is 13.1. The first kappa shape index (κ1) is 22.7. The molecule has 0 aliphatic carbocycles. The molecule has 7 nitrogen and oxygen atoms in total. The monoisotopic (exact) mass is 464 g/mol. The van der Waals surface area contributed by atoms with Gasteiger partial charge in [-0.2, -0.15) is 0 Å². The summed E-state index contributed by atoms with van der Waals surface area (Å²) in [5.74, 6) is 0.838. The fraction of sp³-hybridized carbons (Fsp3) is 0.214. The van der Waals surface area contributed by atoms with E-state index in [1.165, 1.54) is 0 Å². The number of likely N-dealkylation sites (N-methyl/N-ethyl adjacent to an activating group) is 1. The van der Waals surface area contributed by atoms with Gasteiger partial charge in [0.25, 0.3) is 5.91 Å². The van der Waals surface area contributed by atoms with Crippen LogP contribution in [0.15, 0.2) is 79.3 Å². The number of hydrogen-bond acceptors (Lipinski definition) is 6. The van der Waals surface area contributed by atoms with E-state index >= 15 is 0 Å². The van der Waals surface area contributed by atoms with E-state index in [1.807, 2.05) is 78.9 Å². The summed E-state index contributed by atoms with van der Waals surface area (Å²) in [6.45, 7) is 3.31. The number of nitrogens with one attached hydrogen (secondary N) is 1. The SMILES string of the molecule is CNc1cc(-c2cncc(-c3cccc(C(=O)N4CCN(C)CC4)c3)c2)cc(-c2ccccn2)n1. The molecule has 4 aromatic rings. The molecule has 0 unspecified atom stereocenters. The summed E-state index contributed by atoms with van der Waals surface area (Å²) in [6.07, 6.45) is 5.45. The van der Waals surface area contributed by atoms with Crippen LogP contribution in [0.4, 0.5) is 5.82 Å². The number of anilines is 1. The minimum Gasteiger partial charge on any atom is -0.373 e. The predicted molar refractivity (Wildman–Crippen MR) is 139 cm³/mol. The quantitative estimate of drug-likeness (QED) is 0.475. The third-order valence-corrected chi connectivity index (χ3v) is 6.31. The summed E-state index contributed by atoms with van der Waals surface area (Å²) in [5, 5.41) is 3.14. The molecule has 1 N–H and O–H groups in total. The molecule has 7 heteroatoms. The van der Waals surface area contributed by atoms with E-state index < -0.39 is 0 Å². The fourth-order valence-corrected chi connectivity index (χ4v) is 4.25. The molecule has 1 saturated heterocycles. The Kier molecular flexibility index (Phi) is 6.50. The van der Waals surface area contributed by atoms with Gasteiger partial charge in [-0.15, -0.1) is 0 Å². The molecule has 0 atom stereocenters. The van der Waals surface area contributed by atoms with Crippen LogP contribution in [0.2, 0.25) is 0 Å². The Hall–Kier alpha value is -4.10. The molecule has 1 aromatic carbocycles. The number of rotatable bonds is 5. The highest BCUT2D eigenvalue weighted by atomic mass is 16.2. The van der Waals surface area contributed by atoms with Crippen molar-refractivity contribution in [2.24, 2.45) is 0 Å². The highest BCUT2D eigenvalue weighted by Gasteiger charge is 2.20. The van der Waals surface area contributed by atoms with Crippen molar-refractivity contribution in [3.8, 4) is 33.6 Å². The Morgan fingerprint density at radius 1 is 0.829 bits per heavy atom. The van der Waals surface area contributed by atoms with Crippen LogP contribution >= 0.6 is 0 Å². The predicted octanol–water partition coefficient (Wildman–Crippen LogP) is 4.30. The smallest absolute Gasteiger partial charge is 0.253 e. The molecule has 0 bridgehead atoms. The minimum atomic E-state index is 0.0804. The third kappa shape index (κ3) is 5.05. The van der Waals surface area contributed by atoms with Crippen molar-refractivity contribution in [1.29, 1.82) is 0 Å². The summed E-state index contributed by atoms with van der Waals surface area (Å²) in [7, 11) is 3.94. The summed E-state index contributed by atoms with van der Waals surface area (Å²) in [6, 6.07) is 19.7. The maximum atomic E-state index is 13.1. The lowest BCUT2D eigenvalue weighted by Gasteiger charge is -2.32. The zero-order valence-electron chi connectivity index (χ0n) is 20.0. The molecule has 1 aliphatic heterocycles. The number of amides is 1. The Morgan fingerprint density at radius 3 is 2.37 bits per heavy atom. The number of carbonyl (C=O) groups excluding carboxylic acids is 1. The lowest BCUT2D eigenvalue weighted by molar-refractivity contribution is 0.0664. The van der Waals surface area contributed by atoms with Gasteiger partial charge in [-0.3, -0.25) is 14.8 Å². The summed E-state index contributed by atoms with van der Waals surface area (Å²) < 4.78 is 0. The van der Waals surface area contributed by atoms with Crippen LogP contribution < -0.4 is 5.32 Å². The van der Waals surface area contributed by atoms with Gasteiger partial charge in [0.15, 0.2) is 0 Å². The molecule has 0 radical (unpaired) electrons. The van der Waals surface area contributed by atoms with E-state index in [1.54, 1.807) is 6.20 Å². The average molecular weight is 465 g/mol. The van der Waals surface area contributed by atoms with Crippen molar-refractivity contribution in [2.75, 3.05) is 45.6 Å². The van der Waals surface area contributed by atoms with E-state index in [0.717, 1.165) is 65.6 Å². The summed E-state index contributed by atoms with van der Waals surface area (Å²) >= 11 is 0. The first-order valence-corrected chi connectivity index (χ1v) is 11.8. The van der Waals surface area contributed by atoms with Crippen molar-refractivity contribution in [3.05, 3.63) is 84.8 Å². The van der Waals surface area contributed by atoms with Crippen molar-refractivity contribution < 1.29 is 4.79 Å². The number of benzene rings is 1. The summed E-state index contributed by atoms with van der Waals surface area (Å²) in [4.78, 5) is 30.9. The highest BCUT2D eigenvalue weighted by molar-refractivity contribution is 5.95. The van der Waals surface area contributed by atoms with Gasteiger partial charge in [0, 0.05) is 68.5 Å². The number of carbonyl (C=O) groups is 1. The molecule has 1 amide bonds. The lowest BCUT2D eigenvalue weighted by atomic mass is 10.00. The second kappa shape index (κ2) is 10.0. The number of pyridine rings is 3. The van der Waals surface area contributed by atoms with Crippen LogP contribution in [0.5, 0.6) is 0 Å². The van der Waals surface area contributed by atoms with Crippen LogP contribution in [-0.2, 0) is 0 Å². The number of aromatic nitrogens is 3. The van der Waals surface area contributed by atoms with Gasteiger partial charge in [-0.25, -0.2) is 4.98 Å². The van der Waals surface area contributed by atoms with Gasteiger partial charge in [0.1, 0.15) is 5.82 Å². The van der Waals surface area contributed by atoms with Crippen LogP contribution in [0, 0.1) is 0 Å². The van der Waals surface area contributed by atoms with Gasteiger partial charge in [-0.1, -0.05) is 18.2 Å². The van der Waals surface area contributed by atoms with Gasteiger partial charge in [-0.05, 0) is 60.6 Å². The second-order valence-electron chi connectivity index (χ2n) is 8.73. The molecule has 35 heavy (non-hydrogen) atoms. The molecule has 5 rings (SSSR count). The fourth-order valence-electron chi connectivity index (χ4n) is 4.25.